The summed E-state index contributed by atoms with van der Waals surface area (Å²) in [5, 5.41) is 20.5. The Labute approximate surface area is 67.9 Å². The largest absolute Gasteiger partial charge is 0.394 e. The number of urea groups is 2. The van der Waals surface area contributed by atoms with Crippen molar-refractivity contribution < 1.29 is 19.8 Å². The van der Waals surface area contributed by atoms with Crippen LogP contribution in [-0.2, 0) is 0 Å². The van der Waals surface area contributed by atoms with Crippen molar-refractivity contribution in [1.29, 1.82) is 0 Å². The quantitative estimate of drug-likeness (QED) is 0.363. The van der Waals surface area contributed by atoms with Crippen LogP contribution < -0.4 is 11.5 Å². The maximum atomic E-state index is 9.66. The SMILES string of the molecule is NC(=O)N=NC(N)=O.OCCO. The lowest BCUT2D eigenvalue weighted by atomic mass is 10.8. The molecule has 8 heteroatoms. The summed E-state index contributed by atoms with van der Waals surface area (Å²) in [5.41, 5.74) is 8.87. The smallest absolute Gasteiger partial charge is 0.357 e. The van der Waals surface area contributed by atoms with Crippen LogP contribution in [0.3, 0.4) is 0 Å². The van der Waals surface area contributed by atoms with Crippen molar-refractivity contribution in [2.75, 3.05) is 13.2 Å². The molecule has 0 aliphatic rings. The van der Waals surface area contributed by atoms with Gasteiger partial charge in [0.25, 0.3) is 0 Å². The molecule has 0 saturated carbocycles. The predicted molar refractivity (Wildman–Crippen MR) is 38.2 cm³/mol. The number of aliphatic hydroxyl groups excluding tert-OH is 2. The third-order valence-electron chi connectivity index (χ3n) is 0.347. The van der Waals surface area contributed by atoms with Gasteiger partial charge in [0.15, 0.2) is 0 Å². The summed E-state index contributed by atoms with van der Waals surface area (Å²) in [6, 6.07) is -2.08. The second-order valence-electron chi connectivity index (χ2n) is 1.32. The number of aliphatic hydroxyl groups is 2. The Morgan fingerprint density at radius 2 is 1.25 bits per heavy atom. The van der Waals surface area contributed by atoms with E-state index in [-0.39, 0.29) is 13.2 Å². The first-order chi connectivity index (χ1) is 5.54. The predicted octanol–water partition coefficient (Wildman–Crippen LogP) is -1.43. The number of carbonyl (C=O) groups is 2. The zero-order chi connectivity index (χ0) is 9.98. The van der Waals surface area contributed by atoms with Gasteiger partial charge >= 0.3 is 12.1 Å². The van der Waals surface area contributed by atoms with E-state index in [9.17, 15) is 9.59 Å². The Kier molecular flexibility index (Phi) is 10.3. The van der Waals surface area contributed by atoms with Gasteiger partial charge in [-0.15, -0.1) is 0 Å². The van der Waals surface area contributed by atoms with E-state index < -0.39 is 12.1 Å². The molecule has 6 N–H and O–H groups in total. The molecule has 0 unspecified atom stereocenters. The summed E-state index contributed by atoms with van der Waals surface area (Å²) in [6.45, 7) is -0.250. The topological polar surface area (TPSA) is 151 Å². The van der Waals surface area contributed by atoms with Crippen molar-refractivity contribution in [2.45, 2.75) is 0 Å². The number of rotatable bonds is 1. The molecule has 4 amide bonds. The van der Waals surface area contributed by atoms with Crippen LogP contribution in [0.5, 0.6) is 0 Å². The van der Waals surface area contributed by atoms with E-state index in [4.69, 9.17) is 10.2 Å². The van der Waals surface area contributed by atoms with Crippen LogP contribution in [0.1, 0.15) is 0 Å². The number of hydrogen-bond donors (Lipinski definition) is 4. The van der Waals surface area contributed by atoms with E-state index >= 15 is 0 Å². The van der Waals surface area contributed by atoms with Gasteiger partial charge in [-0.05, 0) is 0 Å². The summed E-state index contributed by atoms with van der Waals surface area (Å²) in [4.78, 5) is 19.3. The van der Waals surface area contributed by atoms with Gasteiger partial charge in [-0.25, -0.2) is 9.59 Å². The van der Waals surface area contributed by atoms with Gasteiger partial charge in [0.05, 0.1) is 13.2 Å². The van der Waals surface area contributed by atoms with E-state index in [0.29, 0.717) is 0 Å². The van der Waals surface area contributed by atoms with Crippen LogP contribution in [0.25, 0.3) is 0 Å². The van der Waals surface area contributed by atoms with Gasteiger partial charge in [0, 0.05) is 0 Å². The minimum absolute atomic E-state index is 0.125. The molecule has 0 rings (SSSR count). The number of hydrogen-bond acceptors (Lipinski definition) is 4. The standard InChI is InChI=1S/C2H4N4O2.C2H6O2/c3-1(7)5-6-2(4)8;3-1-2-4/h(H2,3,7)(H2,4,8);3-4H,1-2H2. The Balaban J connectivity index is 0. The Morgan fingerprint density at radius 1 is 1.00 bits per heavy atom. The molecule has 12 heavy (non-hydrogen) atoms. The number of azo groups is 1. The average Bonchev–Trinajstić information content (AvgIpc) is 2.01. The van der Waals surface area contributed by atoms with Gasteiger partial charge < -0.3 is 21.7 Å². The zero-order valence-electron chi connectivity index (χ0n) is 6.17. The van der Waals surface area contributed by atoms with Crippen LogP contribution in [0.2, 0.25) is 0 Å². The van der Waals surface area contributed by atoms with Gasteiger partial charge in [-0.3, -0.25) is 0 Å². The normalized spacial score (nSPS) is 8.83. The molecule has 0 spiro atoms. The molecule has 0 radical (unpaired) electrons. The van der Waals surface area contributed by atoms with Crippen LogP contribution >= 0.6 is 0 Å². The highest BCUT2D eigenvalue weighted by molar-refractivity contribution is 5.77. The summed E-state index contributed by atoms with van der Waals surface area (Å²) < 4.78 is 0. The van der Waals surface area contributed by atoms with Crippen molar-refractivity contribution in [2.24, 2.45) is 21.7 Å². The second-order valence-corrected chi connectivity index (χ2v) is 1.32. The first-order valence-electron chi connectivity index (χ1n) is 2.77. The van der Waals surface area contributed by atoms with Gasteiger partial charge in [0.1, 0.15) is 0 Å². The second kappa shape index (κ2) is 9.46. The zero-order valence-corrected chi connectivity index (χ0v) is 6.17. The molecule has 0 bridgehead atoms. The fourth-order valence-electron chi connectivity index (χ4n) is 0.0986. The molecule has 70 valence electrons. The first-order valence-corrected chi connectivity index (χ1v) is 2.77. The number of primary amides is 2. The lowest BCUT2D eigenvalue weighted by molar-refractivity contribution is 0.186. The molecule has 0 atom stereocenters. The first kappa shape index (κ1) is 13.1. The van der Waals surface area contributed by atoms with Gasteiger partial charge in [-0.1, -0.05) is 10.2 Å². The van der Waals surface area contributed by atoms with Crippen molar-refractivity contribution in [1.82, 2.24) is 0 Å². The third-order valence-corrected chi connectivity index (χ3v) is 0.347. The lowest BCUT2D eigenvalue weighted by Gasteiger charge is -1.74. The number of nitrogens with zero attached hydrogens (tertiary/aromatic N) is 2. The van der Waals surface area contributed by atoms with E-state index in [1.165, 1.54) is 0 Å². The molecular formula is C4H10N4O4. The molecule has 0 aromatic heterocycles. The molecule has 0 aromatic carbocycles. The van der Waals surface area contributed by atoms with E-state index in [1.54, 1.807) is 0 Å². The molecule has 0 saturated heterocycles. The van der Waals surface area contributed by atoms with Gasteiger partial charge in [-0.2, -0.15) is 0 Å². The minimum Gasteiger partial charge on any atom is -0.394 e. The molecular weight excluding hydrogens is 168 g/mol. The van der Waals surface area contributed by atoms with Crippen molar-refractivity contribution in [3.05, 3.63) is 0 Å². The minimum atomic E-state index is -1.04. The Bertz CT molecular complexity index is 150. The van der Waals surface area contributed by atoms with Crippen LogP contribution in [0.4, 0.5) is 9.59 Å². The lowest BCUT2D eigenvalue weighted by Crippen LogP contribution is -2.07. The highest BCUT2D eigenvalue weighted by Gasteiger charge is 1.86. The van der Waals surface area contributed by atoms with Crippen molar-refractivity contribution in [3.63, 3.8) is 0 Å². The summed E-state index contributed by atoms with van der Waals surface area (Å²) >= 11 is 0. The number of amides is 4. The highest BCUT2D eigenvalue weighted by atomic mass is 16.3. The highest BCUT2D eigenvalue weighted by Crippen LogP contribution is 1.72. The molecule has 0 fully saturated rings. The maximum absolute atomic E-state index is 9.66. The average molecular weight is 178 g/mol. The van der Waals surface area contributed by atoms with Crippen LogP contribution in [0, 0.1) is 0 Å². The number of carbonyl (C=O) groups excluding carboxylic acids is 2. The molecule has 0 aliphatic carbocycles. The third kappa shape index (κ3) is 23.7. The Morgan fingerprint density at radius 3 is 1.33 bits per heavy atom. The fraction of sp³-hybridized carbons (Fsp3) is 0.500. The maximum Gasteiger partial charge on any atom is 0.357 e. The Hall–Kier alpha value is -1.54. The molecule has 8 nitrogen and oxygen atoms in total. The van der Waals surface area contributed by atoms with E-state index in [1.807, 2.05) is 0 Å². The summed E-state index contributed by atoms with van der Waals surface area (Å²) in [6.07, 6.45) is 0. The van der Waals surface area contributed by atoms with Crippen LogP contribution in [-0.4, -0.2) is 35.5 Å². The fourth-order valence-corrected chi connectivity index (χ4v) is 0.0986. The molecule has 0 heterocycles. The molecule has 0 aromatic rings. The molecule has 0 aliphatic heterocycles. The van der Waals surface area contributed by atoms with Crippen LogP contribution in [0.15, 0.2) is 10.2 Å². The van der Waals surface area contributed by atoms with E-state index in [0.717, 1.165) is 0 Å². The summed E-state index contributed by atoms with van der Waals surface area (Å²) in [7, 11) is 0. The van der Waals surface area contributed by atoms with Crippen molar-refractivity contribution in [3.8, 4) is 0 Å². The summed E-state index contributed by atoms with van der Waals surface area (Å²) in [5.74, 6) is 0. The van der Waals surface area contributed by atoms with Gasteiger partial charge in [0.2, 0.25) is 0 Å². The monoisotopic (exact) mass is 178 g/mol. The van der Waals surface area contributed by atoms with E-state index in [2.05, 4.69) is 21.7 Å². The van der Waals surface area contributed by atoms with Crippen molar-refractivity contribution >= 4 is 12.1 Å². The number of nitrogens with two attached hydrogens (primary N) is 2.